The molecule has 0 atom stereocenters. The lowest BCUT2D eigenvalue weighted by molar-refractivity contribution is 0.426. The molecule has 0 bridgehead atoms. The molecule has 76 valence electrons. The molecule has 0 fully saturated rings. The van der Waals surface area contributed by atoms with E-state index in [0.717, 1.165) is 18.8 Å². The quantitative estimate of drug-likeness (QED) is 0.589. The summed E-state index contributed by atoms with van der Waals surface area (Å²) in [7, 11) is -1.41. The fourth-order valence-corrected chi connectivity index (χ4v) is 3.16. The van der Waals surface area contributed by atoms with Gasteiger partial charge in [-0.2, -0.15) is 0 Å². The summed E-state index contributed by atoms with van der Waals surface area (Å²) in [6.45, 7) is 0. The summed E-state index contributed by atoms with van der Waals surface area (Å²) < 4.78 is 2.11. The van der Waals surface area contributed by atoms with Crippen LogP contribution in [0.4, 0.5) is 0 Å². The maximum atomic E-state index is 9.07. The van der Waals surface area contributed by atoms with E-state index in [1.807, 2.05) is 18.2 Å². The predicted molar refractivity (Wildman–Crippen MR) is 74.2 cm³/mol. The first-order valence-electron chi connectivity index (χ1n) is 4.33. The SMILES string of the molecule is OB(O)c1ccc2cc(Br)cc(I)c2c1. The Labute approximate surface area is 110 Å². The minimum Gasteiger partial charge on any atom is -0.423 e. The molecule has 2 rings (SSSR count). The van der Waals surface area contributed by atoms with Crippen molar-refractivity contribution in [1.82, 2.24) is 0 Å². The zero-order chi connectivity index (χ0) is 11.0. The molecule has 0 radical (unpaired) electrons. The van der Waals surface area contributed by atoms with Crippen LogP contribution in [0.1, 0.15) is 0 Å². The first kappa shape index (κ1) is 11.4. The Balaban J connectivity index is 2.71. The first-order chi connectivity index (χ1) is 7.08. The van der Waals surface area contributed by atoms with E-state index >= 15 is 0 Å². The normalized spacial score (nSPS) is 10.7. The number of rotatable bonds is 1. The molecule has 0 aliphatic rings. The van der Waals surface area contributed by atoms with Gasteiger partial charge in [-0.1, -0.05) is 34.1 Å². The van der Waals surface area contributed by atoms with Gasteiger partial charge in [-0.3, -0.25) is 0 Å². The van der Waals surface area contributed by atoms with E-state index in [2.05, 4.69) is 38.5 Å². The van der Waals surface area contributed by atoms with E-state index in [0.29, 0.717) is 5.46 Å². The van der Waals surface area contributed by atoms with Gasteiger partial charge < -0.3 is 10.0 Å². The lowest BCUT2D eigenvalue weighted by Gasteiger charge is -2.05. The second-order valence-electron chi connectivity index (χ2n) is 3.24. The van der Waals surface area contributed by atoms with Gasteiger partial charge in [-0.05, 0) is 51.0 Å². The zero-order valence-electron chi connectivity index (χ0n) is 7.61. The maximum absolute atomic E-state index is 9.07. The molecule has 0 spiro atoms. The monoisotopic (exact) mass is 376 g/mol. The molecule has 2 N–H and O–H groups in total. The van der Waals surface area contributed by atoms with Gasteiger partial charge in [0.1, 0.15) is 0 Å². The van der Waals surface area contributed by atoms with Crippen LogP contribution in [0.5, 0.6) is 0 Å². The van der Waals surface area contributed by atoms with Crippen molar-refractivity contribution >= 4 is 61.9 Å². The summed E-state index contributed by atoms with van der Waals surface area (Å²) in [5.41, 5.74) is 0.516. The van der Waals surface area contributed by atoms with Crippen molar-refractivity contribution in [3.63, 3.8) is 0 Å². The summed E-state index contributed by atoms with van der Waals surface area (Å²) in [5.74, 6) is 0. The van der Waals surface area contributed by atoms with Crippen LogP contribution >= 0.6 is 38.5 Å². The van der Waals surface area contributed by atoms with Gasteiger partial charge in [0.2, 0.25) is 0 Å². The van der Waals surface area contributed by atoms with Crippen molar-refractivity contribution in [2.24, 2.45) is 0 Å². The van der Waals surface area contributed by atoms with Gasteiger partial charge in [-0.25, -0.2) is 0 Å². The van der Waals surface area contributed by atoms with Crippen molar-refractivity contribution in [3.8, 4) is 0 Å². The molecular formula is C10H7BBrIO2. The predicted octanol–water partition coefficient (Wildman–Crippen LogP) is 1.89. The van der Waals surface area contributed by atoms with Crippen LogP contribution in [0.3, 0.4) is 0 Å². The third-order valence-corrected chi connectivity index (χ3v) is 3.54. The lowest BCUT2D eigenvalue weighted by Crippen LogP contribution is -2.29. The fourth-order valence-electron chi connectivity index (χ4n) is 1.46. The molecule has 0 heterocycles. The highest BCUT2D eigenvalue weighted by molar-refractivity contribution is 14.1. The van der Waals surface area contributed by atoms with Crippen LogP contribution in [0.15, 0.2) is 34.8 Å². The Hall–Kier alpha value is -0.105. The third kappa shape index (κ3) is 2.35. The number of fused-ring (bicyclic) bond motifs is 1. The van der Waals surface area contributed by atoms with Crippen LogP contribution in [-0.4, -0.2) is 17.2 Å². The van der Waals surface area contributed by atoms with Crippen LogP contribution in [-0.2, 0) is 0 Å². The van der Waals surface area contributed by atoms with E-state index in [4.69, 9.17) is 10.0 Å². The molecule has 2 aromatic carbocycles. The van der Waals surface area contributed by atoms with E-state index in [-0.39, 0.29) is 0 Å². The summed E-state index contributed by atoms with van der Waals surface area (Å²) in [4.78, 5) is 0. The highest BCUT2D eigenvalue weighted by Gasteiger charge is 2.11. The molecule has 0 aromatic heterocycles. The highest BCUT2D eigenvalue weighted by Crippen LogP contribution is 2.24. The summed E-state index contributed by atoms with van der Waals surface area (Å²) >= 11 is 5.66. The van der Waals surface area contributed by atoms with Crippen molar-refractivity contribution < 1.29 is 10.0 Å². The number of halogens is 2. The molecule has 2 aromatic rings. The van der Waals surface area contributed by atoms with Crippen LogP contribution in [0, 0.1) is 3.57 Å². The number of benzene rings is 2. The fraction of sp³-hybridized carbons (Fsp3) is 0. The molecule has 0 saturated carbocycles. The molecule has 2 nitrogen and oxygen atoms in total. The zero-order valence-corrected chi connectivity index (χ0v) is 11.4. The van der Waals surface area contributed by atoms with Crippen molar-refractivity contribution in [1.29, 1.82) is 0 Å². The minimum atomic E-state index is -1.41. The van der Waals surface area contributed by atoms with E-state index in [1.54, 1.807) is 12.1 Å². The Morgan fingerprint density at radius 1 is 1.13 bits per heavy atom. The van der Waals surface area contributed by atoms with Crippen LogP contribution in [0.25, 0.3) is 10.8 Å². The topological polar surface area (TPSA) is 40.5 Å². The molecule has 0 aliphatic heterocycles. The van der Waals surface area contributed by atoms with Gasteiger partial charge in [0.25, 0.3) is 0 Å². The largest absolute Gasteiger partial charge is 0.488 e. The van der Waals surface area contributed by atoms with Gasteiger partial charge >= 0.3 is 7.12 Å². The highest BCUT2D eigenvalue weighted by atomic mass is 127. The molecule has 5 heteroatoms. The average molecular weight is 377 g/mol. The molecule has 15 heavy (non-hydrogen) atoms. The number of hydrogen-bond donors (Lipinski definition) is 2. The van der Waals surface area contributed by atoms with Crippen molar-refractivity contribution in [3.05, 3.63) is 38.4 Å². The van der Waals surface area contributed by atoms with Crippen molar-refractivity contribution in [2.45, 2.75) is 0 Å². The average Bonchev–Trinajstić information content (AvgIpc) is 2.16. The van der Waals surface area contributed by atoms with E-state index in [9.17, 15) is 0 Å². The van der Waals surface area contributed by atoms with Crippen LogP contribution in [0.2, 0.25) is 0 Å². The molecule has 0 amide bonds. The molecular weight excluding hydrogens is 370 g/mol. The number of hydrogen-bond acceptors (Lipinski definition) is 2. The molecule has 0 saturated heterocycles. The van der Waals surface area contributed by atoms with Gasteiger partial charge in [0, 0.05) is 8.04 Å². The van der Waals surface area contributed by atoms with Gasteiger partial charge in [0.05, 0.1) is 0 Å². The Bertz CT molecular complexity index is 516. The van der Waals surface area contributed by atoms with E-state index in [1.165, 1.54) is 0 Å². The summed E-state index contributed by atoms with van der Waals surface area (Å²) in [6.07, 6.45) is 0. The first-order valence-corrected chi connectivity index (χ1v) is 6.20. The van der Waals surface area contributed by atoms with Crippen molar-refractivity contribution in [2.75, 3.05) is 0 Å². The van der Waals surface area contributed by atoms with Crippen LogP contribution < -0.4 is 5.46 Å². The second kappa shape index (κ2) is 4.41. The van der Waals surface area contributed by atoms with E-state index < -0.39 is 7.12 Å². The smallest absolute Gasteiger partial charge is 0.423 e. The minimum absolute atomic E-state index is 0.516. The maximum Gasteiger partial charge on any atom is 0.488 e. The second-order valence-corrected chi connectivity index (χ2v) is 5.32. The van der Waals surface area contributed by atoms with Gasteiger partial charge in [-0.15, -0.1) is 0 Å². The standard InChI is InChI=1S/C10H7BBrIO2/c12-8-3-6-1-2-7(11(14)15)4-9(6)10(13)5-8/h1-5,14-15H. The Morgan fingerprint density at radius 3 is 2.53 bits per heavy atom. The third-order valence-electron chi connectivity index (χ3n) is 2.19. The Morgan fingerprint density at radius 2 is 1.87 bits per heavy atom. The summed E-state index contributed by atoms with van der Waals surface area (Å²) in [6, 6.07) is 9.40. The Kier molecular flexibility index (Phi) is 3.34. The molecule has 0 aliphatic carbocycles. The summed E-state index contributed by atoms with van der Waals surface area (Å²) in [5, 5.41) is 20.3. The lowest BCUT2D eigenvalue weighted by atomic mass is 9.79. The van der Waals surface area contributed by atoms with Gasteiger partial charge in [0.15, 0.2) is 0 Å². The molecule has 0 unspecified atom stereocenters.